The largest absolute Gasteiger partial charge is 0.365 e. The van der Waals surface area contributed by atoms with Gasteiger partial charge in [0.25, 0.3) is 5.56 Å². The molecule has 1 N–H and O–H groups in total. The first-order valence-corrected chi connectivity index (χ1v) is 7.38. The van der Waals surface area contributed by atoms with Crippen LogP contribution in [0.3, 0.4) is 0 Å². The van der Waals surface area contributed by atoms with E-state index in [9.17, 15) is 4.79 Å². The van der Waals surface area contributed by atoms with Gasteiger partial charge in [0.2, 0.25) is 0 Å². The average Bonchev–Trinajstić information content (AvgIpc) is 2.34. The van der Waals surface area contributed by atoms with Gasteiger partial charge >= 0.3 is 0 Å². The lowest BCUT2D eigenvalue weighted by atomic mass is 10.1. The second-order valence-corrected chi connectivity index (χ2v) is 6.03. The van der Waals surface area contributed by atoms with Crippen LogP contribution in [0.4, 0.5) is 5.82 Å². The van der Waals surface area contributed by atoms with E-state index in [-0.39, 0.29) is 11.1 Å². The molecule has 0 aliphatic carbocycles. The second kappa shape index (κ2) is 7.53. The topological polar surface area (TPSA) is 46.9 Å². The Hall–Kier alpha value is -1.03. The van der Waals surface area contributed by atoms with Crippen molar-refractivity contribution in [2.75, 3.05) is 17.7 Å². The van der Waals surface area contributed by atoms with Crippen LogP contribution in [0.15, 0.2) is 17.2 Å². The van der Waals surface area contributed by atoms with E-state index in [1.165, 1.54) is 0 Å². The summed E-state index contributed by atoms with van der Waals surface area (Å²) in [6.45, 7) is 6.79. The Morgan fingerprint density at radius 3 is 2.58 bits per heavy atom. The summed E-state index contributed by atoms with van der Waals surface area (Å²) in [5.74, 6) is 1.17. The van der Waals surface area contributed by atoms with E-state index in [1.54, 1.807) is 17.0 Å². The van der Waals surface area contributed by atoms with Crippen LogP contribution in [0.25, 0.3) is 0 Å². The summed E-state index contributed by atoms with van der Waals surface area (Å²) >= 11 is 5.62. The summed E-state index contributed by atoms with van der Waals surface area (Å²) in [4.78, 5) is 16.3. The van der Waals surface area contributed by atoms with Crippen molar-refractivity contribution >= 4 is 17.4 Å². The third-order valence-electron chi connectivity index (χ3n) is 2.92. The summed E-state index contributed by atoms with van der Waals surface area (Å²) in [7, 11) is 0. The highest BCUT2D eigenvalue weighted by Crippen LogP contribution is 2.10. The summed E-state index contributed by atoms with van der Waals surface area (Å²) in [5.41, 5.74) is -0.285. The molecule has 4 nitrogen and oxygen atoms in total. The minimum Gasteiger partial charge on any atom is -0.365 e. The molecule has 0 bridgehead atoms. The third-order valence-corrected chi connectivity index (χ3v) is 3.18. The van der Waals surface area contributed by atoms with Gasteiger partial charge in [0, 0.05) is 30.4 Å². The normalized spacial score (nSPS) is 11.6. The van der Waals surface area contributed by atoms with Gasteiger partial charge in [-0.2, -0.15) is 0 Å². The molecule has 1 heterocycles. The van der Waals surface area contributed by atoms with Crippen LogP contribution < -0.4 is 10.9 Å². The van der Waals surface area contributed by atoms with Crippen molar-refractivity contribution in [2.24, 2.45) is 0 Å². The van der Waals surface area contributed by atoms with E-state index in [4.69, 9.17) is 11.6 Å². The summed E-state index contributed by atoms with van der Waals surface area (Å²) in [5, 5.41) is 3.12. The molecular formula is C14H24ClN3O. The smallest absolute Gasteiger partial charge is 0.293 e. The predicted octanol–water partition coefficient (Wildman–Crippen LogP) is 3.21. The Labute approximate surface area is 120 Å². The molecular weight excluding hydrogens is 262 g/mol. The monoisotopic (exact) mass is 285 g/mol. The average molecular weight is 286 g/mol. The minimum absolute atomic E-state index is 0.0595. The van der Waals surface area contributed by atoms with Crippen LogP contribution in [-0.2, 0) is 5.54 Å². The lowest BCUT2D eigenvalue weighted by molar-refractivity contribution is 0.383. The first-order valence-electron chi connectivity index (χ1n) is 6.85. The van der Waals surface area contributed by atoms with Crippen LogP contribution in [0.1, 0.15) is 46.5 Å². The van der Waals surface area contributed by atoms with Gasteiger partial charge in [-0.3, -0.25) is 4.79 Å². The standard InChI is InChI=1S/C14H24ClN3O/c1-14(2,3)18-11-10-17-12(13(18)19)16-9-7-5-4-6-8-15/h10-11H,4-9H2,1-3H3,(H,16,17). The molecule has 0 spiro atoms. The van der Waals surface area contributed by atoms with Crippen molar-refractivity contribution in [1.82, 2.24) is 9.55 Å². The first kappa shape index (κ1) is 16.0. The molecule has 0 saturated carbocycles. The number of unbranched alkanes of at least 4 members (excludes halogenated alkanes) is 3. The number of halogens is 1. The Morgan fingerprint density at radius 2 is 1.95 bits per heavy atom. The zero-order chi connectivity index (χ0) is 14.3. The van der Waals surface area contributed by atoms with Crippen molar-refractivity contribution < 1.29 is 0 Å². The fourth-order valence-corrected chi connectivity index (χ4v) is 2.03. The molecule has 0 aliphatic heterocycles. The number of rotatable bonds is 7. The van der Waals surface area contributed by atoms with Crippen LogP contribution in [0.2, 0.25) is 0 Å². The predicted molar refractivity (Wildman–Crippen MR) is 81.2 cm³/mol. The Balaban J connectivity index is 2.53. The number of aromatic nitrogens is 2. The van der Waals surface area contributed by atoms with E-state index < -0.39 is 0 Å². The van der Waals surface area contributed by atoms with Crippen LogP contribution >= 0.6 is 11.6 Å². The molecule has 108 valence electrons. The molecule has 0 unspecified atom stereocenters. The van der Waals surface area contributed by atoms with Crippen LogP contribution in [-0.4, -0.2) is 22.0 Å². The summed E-state index contributed by atoms with van der Waals surface area (Å²) < 4.78 is 1.70. The molecule has 19 heavy (non-hydrogen) atoms. The third kappa shape index (κ3) is 5.23. The Bertz CT molecular complexity index is 437. The zero-order valence-corrected chi connectivity index (χ0v) is 12.8. The number of hydrogen-bond acceptors (Lipinski definition) is 3. The Morgan fingerprint density at radius 1 is 1.26 bits per heavy atom. The highest BCUT2D eigenvalue weighted by atomic mass is 35.5. The highest BCUT2D eigenvalue weighted by Gasteiger charge is 2.16. The van der Waals surface area contributed by atoms with Gasteiger partial charge < -0.3 is 9.88 Å². The lowest BCUT2D eigenvalue weighted by Gasteiger charge is -2.22. The second-order valence-electron chi connectivity index (χ2n) is 5.65. The number of hydrogen-bond donors (Lipinski definition) is 1. The minimum atomic E-state index is -0.225. The van der Waals surface area contributed by atoms with Gasteiger partial charge in [-0.05, 0) is 33.6 Å². The molecule has 0 aromatic carbocycles. The number of alkyl halides is 1. The quantitative estimate of drug-likeness (QED) is 0.618. The van der Waals surface area contributed by atoms with Gasteiger partial charge in [0.1, 0.15) is 0 Å². The fraction of sp³-hybridized carbons (Fsp3) is 0.714. The summed E-state index contributed by atoms with van der Waals surface area (Å²) in [6, 6.07) is 0. The SMILES string of the molecule is CC(C)(C)n1ccnc(NCCCCCCCl)c1=O. The van der Waals surface area contributed by atoms with E-state index in [0.29, 0.717) is 5.82 Å². The molecule has 1 aromatic heterocycles. The highest BCUT2D eigenvalue weighted by molar-refractivity contribution is 6.17. The summed E-state index contributed by atoms with van der Waals surface area (Å²) in [6.07, 6.45) is 7.75. The molecule has 0 radical (unpaired) electrons. The maximum Gasteiger partial charge on any atom is 0.293 e. The van der Waals surface area contributed by atoms with Gasteiger partial charge in [-0.1, -0.05) is 12.8 Å². The Kier molecular flexibility index (Phi) is 6.35. The maximum atomic E-state index is 12.2. The zero-order valence-electron chi connectivity index (χ0n) is 12.1. The first-order chi connectivity index (χ1) is 8.96. The van der Waals surface area contributed by atoms with Gasteiger partial charge in [-0.25, -0.2) is 4.98 Å². The molecule has 5 heteroatoms. The van der Waals surface area contributed by atoms with Gasteiger partial charge in [0.15, 0.2) is 5.82 Å². The number of anilines is 1. The van der Waals surface area contributed by atoms with Crippen molar-refractivity contribution in [3.63, 3.8) is 0 Å². The fourth-order valence-electron chi connectivity index (χ4n) is 1.84. The van der Waals surface area contributed by atoms with E-state index >= 15 is 0 Å². The lowest BCUT2D eigenvalue weighted by Crippen LogP contribution is -2.35. The van der Waals surface area contributed by atoms with Crippen molar-refractivity contribution in [2.45, 2.75) is 52.0 Å². The van der Waals surface area contributed by atoms with E-state index in [1.807, 2.05) is 20.8 Å². The molecule has 0 fully saturated rings. The molecule has 0 atom stereocenters. The van der Waals surface area contributed by atoms with Crippen molar-refractivity contribution in [3.05, 3.63) is 22.7 Å². The van der Waals surface area contributed by atoms with E-state index in [0.717, 1.165) is 38.1 Å². The molecule has 1 rings (SSSR count). The molecule has 0 aliphatic rings. The van der Waals surface area contributed by atoms with Crippen LogP contribution in [0.5, 0.6) is 0 Å². The maximum absolute atomic E-state index is 12.2. The van der Waals surface area contributed by atoms with Crippen molar-refractivity contribution in [3.8, 4) is 0 Å². The number of nitrogens with one attached hydrogen (secondary N) is 1. The molecule has 0 amide bonds. The molecule has 1 aromatic rings. The van der Waals surface area contributed by atoms with Gasteiger partial charge in [0.05, 0.1) is 0 Å². The molecule has 0 saturated heterocycles. The van der Waals surface area contributed by atoms with Gasteiger partial charge in [-0.15, -0.1) is 11.6 Å². The van der Waals surface area contributed by atoms with Crippen LogP contribution in [0, 0.1) is 0 Å². The van der Waals surface area contributed by atoms with E-state index in [2.05, 4.69) is 10.3 Å². The van der Waals surface area contributed by atoms with Crippen molar-refractivity contribution in [1.29, 1.82) is 0 Å². The number of nitrogens with zero attached hydrogens (tertiary/aromatic N) is 2.